The minimum atomic E-state index is -0.398. The second kappa shape index (κ2) is 15.5. The lowest BCUT2D eigenvalue weighted by molar-refractivity contribution is 0.0600. The van der Waals surface area contributed by atoms with Crippen LogP contribution in [0, 0.1) is 6.92 Å². The molecule has 0 spiro atoms. The molecule has 250 valence electrons. The largest absolute Gasteiger partial charge is 0.497 e. The van der Waals surface area contributed by atoms with Gasteiger partial charge in [0, 0.05) is 25.3 Å². The SMILES string of the molecule is CCC[C@@H](C)Nc1nc(N(Cc2ccc(OC)cc2)Cc2ccc(OC)cc2)nc2ccn(Cc3ccc(C(=O)OC)cc3C)c(=O)c12. The third-order valence-electron chi connectivity index (χ3n) is 8.37. The Morgan fingerprint density at radius 3 is 2.06 bits per heavy atom. The lowest BCUT2D eigenvalue weighted by Crippen LogP contribution is -2.28. The van der Waals surface area contributed by atoms with Gasteiger partial charge in [-0.05, 0) is 85.0 Å². The van der Waals surface area contributed by atoms with Crippen molar-refractivity contribution in [1.29, 1.82) is 0 Å². The van der Waals surface area contributed by atoms with Gasteiger partial charge in [-0.2, -0.15) is 4.98 Å². The Balaban J connectivity index is 1.58. The van der Waals surface area contributed by atoms with Gasteiger partial charge in [0.25, 0.3) is 5.56 Å². The summed E-state index contributed by atoms with van der Waals surface area (Å²) in [6, 6.07) is 23.2. The predicted octanol–water partition coefficient (Wildman–Crippen LogP) is 6.76. The highest BCUT2D eigenvalue weighted by molar-refractivity contribution is 5.90. The molecule has 0 radical (unpaired) electrons. The summed E-state index contributed by atoms with van der Waals surface area (Å²) in [4.78, 5) is 38.3. The molecule has 0 aliphatic heterocycles. The molecule has 0 unspecified atom stereocenters. The number of esters is 1. The van der Waals surface area contributed by atoms with Crippen LogP contribution in [0.1, 0.15) is 59.3 Å². The number of anilines is 2. The van der Waals surface area contributed by atoms with Gasteiger partial charge in [0.05, 0.1) is 39.0 Å². The van der Waals surface area contributed by atoms with E-state index in [-0.39, 0.29) is 11.6 Å². The second-order valence-corrected chi connectivity index (χ2v) is 11.9. The highest BCUT2D eigenvalue weighted by Crippen LogP contribution is 2.26. The molecule has 0 fully saturated rings. The van der Waals surface area contributed by atoms with Gasteiger partial charge >= 0.3 is 5.97 Å². The molecule has 3 aromatic carbocycles. The average Bonchev–Trinajstić information content (AvgIpc) is 3.10. The average molecular weight is 650 g/mol. The Bertz CT molecular complexity index is 1870. The molecule has 48 heavy (non-hydrogen) atoms. The van der Waals surface area contributed by atoms with Crippen molar-refractivity contribution in [1.82, 2.24) is 14.5 Å². The first-order valence-corrected chi connectivity index (χ1v) is 16.1. The zero-order valence-corrected chi connectivity index (χ0v) is 28.4. The van der Waals surface area contributed by atoms with Gasteiger partial charge in [0.2, 0.25) is 5.95 Å². The Morgan fingerprint density at radius 1 is 0.896 bits per heavy atom. The zero-order chi connectivity index (χ0) is 34.2. The summed E-state index contributed by atoms with van der Waals surface area (Å²) in [6.45, 7) is 7.54. The van der Waals surface area contributed by atoms with Gasteiger partial charge in [0.15, 0.2) is 0 Å². The summed E-state index contributed by atoms with van der Waals surface area (Å²) in [5.74, 6) is 2.18. The summed E-state index contributed by atoms with van der Waals surface area (Å²) in [7, 11) is 4.66. The van der Waals surface area contributed by atoms with Crippen LogP contribution in [0.4, 0.5) is 11.8 Å². The van der Waals surface area contributed by atoms with E-state index in [2.05, 4.69) is 24.1 Å². The number of ether oxygens (including phenoxy) is 3. The number of benzene rings is 3. The van der Waals surface area contributed by atoms with Crippen molar-refractivity contribution >= 4 is 28.6 Å². The van der Waals surface area contributed by atoms with Crippen LogP contribution in [0.15, 0.2) is 83.8 Å². The Hall–Kier alpha value is -5.38. The molecule has 0 bridgehead atoms. The molecule has 1 atom stereocenters. The first kappa shape index (κ1) is 34.0. The maximum absolute atomic E-state index is 14.1. The summed E-state index contributed by atoms with van der Waals surface area (Å²) in [6.07, 6.45) is 3.66. The summed E-state index contributed by atoms with van der Waals surface area (Å²) >= 11 is 0. The van der Waals surface area contributed by atoms with E-state index in [1.807, 2.05) is 67.6 Å². The standard InChI is InChI=1S/C38H43N5O5/c1-7-8-26(3)39-35-34-33(19-20-42(36(34)44)24-30-14-13-29(21-25(30)2)37(45)48-6)40-38(41-35)43(22-27-9-15-31(46-4)16-10-27)23-28-11-17-32(47-5)18-12-28/h9-21,26H,7-8,22-24H2,1-6H3,(H,39,40,41)/t26-/m1/s1. The first-order valence-electron chi connectivity index (χ1n) is 16.1. The second-order valence-electron chi connectivity index (χ2n) is 11.9. The fraction of sp³-hybridized carbons (Fsp3) is 0.316. The van der Waals surface area contributed by atoms with E-state index in [1.54, 1.807) is 37.1 Å². The van der Waals surface area contributed by atoms with Crippen LogP contribution in [-0.2, 0) is 24.4 Å². The van der Waals surface area contributed by atoms with Crippen molar-refractivity contribution in [2.24, 2.45) is 0 Å². The minimum absolute atomic E-state index is 0.0822. The number of rotatable bonds is 14. The van der Waals surface area contributed by atoms with Crippen LogP contribution in [0.2, 0.25) is 0 Å². The number of nitrogens with zero attached hydrogens (tertiary/aromatic N) is 4. The van der Waals surface area contributed by atoms with Crippen LogP contribution in [-0.4, -0.2) is 47.9 Å². The summed E-state index contributed by atoms with van der Waals surface area (Å²) < 4.78 is 17.3. The highest BCUT2D eigenvalue weighted by Gasteiger charge is 2.20. The van der Waals surface area contributed by atoms with Crippen LogP contribution in [0.25, 0.3) is 10.9 Å². The molecule has 0 aliphatic rings. The quantitative estimate of drug-likeness (QED) is 0.131. The number of carbonyl (C=O) groups excluding carboxylic acids is 1. The molecule has 5 aromatic rings. The number of aryl methyl sites for hydroxylation is 1. The minimum Gasteiger partial charge on any atom is -0.497 e. The molecule has 0 amide bonds. The number of carbonyl (C=O) groups is 1. The third-order valence-corrected chi connectivity index (χ3v) is 8.37. The van der Waals surface area contributed by atoms with Crippen molar-refractivity contribution in [2.75, 3.05) is 31.5 Å². The van der Waals surface area contributed by atoms with E-state index in [9.17, 15) is 9.59 Å². The smallest absolute Gasteiger partial charge is 0.337 e. The van der Waals surface area contributed by atoms with E-state index < -0.39 is 5.97 Å². The highest BCUT2D eigenvalue weighted by atomic mass is 16.5. The monoisotopic (exact) mass is 649 g/mol. The summed E-state index contributed by atoms with van der Waals surface area (Å²) in [5.41, 5.74) is 4.76. The Kier molecular flexibility index (Phi) is 10.9. The van der Waals surface area contributed by atoms with E-state index in [0.717, 1.165) is 46.6 Å². The van der Waals surface area contributed by atoms with Gasteiger partial charge in [0.1, 0.15) is 22.7 Å². The molecule has 10 nitrogen and oxygen atoms in total. The number of methoxy groups -OCH3 is 3. The fourth-order valence-corrected chi connectivity index (χ4v) is 5.68. The van der Waals surface area contributed by atoms with Crippen molar-refractivity contribution in [3.63, 3.8) is 0 Å². The molecule has 0 saturated carbocycles. The molecular formula is C38H43N5O5. The van der Waals surface area contributed by atoms with Gasteiger partial charge in [-0.3, -0.25) is 4.79 Å². The van der Waals surface area contributed by atoms with Crippen LogP contribution in [0.5, 0.6) is 11.5 Å². The van der Waals surface area contributed by atoms with Crippen molar-refractivity contribution in [3.05, 3.63) is 117 Å². The third kappa shape index (κ3) is 7.94. The first-order chi connectivity index (χ1) is 23.2. The van der Waals surface area contributed by atoms with Crippen LogP contribution < -0.4 is 25.2 Å². The Labute approximate surface area is 281 Å². The fourth-order valence-electron chi connectivity index (χ4n) is 5.68. The maximum atomic E-state index is 14.1. The van der Waals surface area contributed by atoms with Crippen LogP contribution >= 0.6 is 0 Å². The molecule has 1 N–H and O–H groups in total. The van der Waals surface area contributed by atoms with E-state index in [0.29, 0.717) is 47.9 Å². The topological polar surface area (TPSA) is 108 Å². The number of hydrogen-bond donors (Lipinski definition) is 1. The van der Waals surface area contributed by atoms with Gasteiger partial charge in [-0.15, -0.1) is 0 Å². The van der Waals surface area contributed by atoms with Gasteiger partial charge in [-0.1, -0.05) is 43.7 Å². The maximum Gasteiger partial charge on any atom is 0.337 e. The van der Waals surface area contributed by atoms with E-state index >= 15 is 0 Å². The molecule has 10 heteroatoms. The number of hydrogen-bond acceptors (Lipinski definition) is 9. The van der Waals surface area contributed by atoms with Gasteiger partial charge < -0.3 is 29.0 Å². The van der Waals surface area contributed by atoms with Gasteiger partial charge in [-0.25, -0.2) is 9.78 Å². The molecule has 0 saturated heterocycles. The number of aromatic nitrogens is 3. The number of nitrogens with one attached hydrogen (secondary N) is 1. The van der Waals surface area contributed by atoms with Crippen molar-refractivity contribution in [2.45, 2.75) is 59.3 Å². The molecule has 2 heterocycles. The lowest BCUT2D eigenvalue weighted by Gasteiger charge is -2.25. The molecule has 2 aromatic heterocycles. The molecule has 0 aliphatic carbocycles. The lowest BCUT2D eigenvalue weighted by atomic mass is 10.0. The van der Waals surface area contributed by atoms with E-state index in [4.69, 9.17) is 24.2 Å². The van der Waals surface area contributed by atoms with E-state index in [1.165, 1.54) is 7.11 Å². The molecule has 5 rings (SSSR count). The number of pyridine rings is 1. The zero-order valence-electron chi connectivity index (χ0n) is 28.4. The summed E-state index contributed by atoms with van der Waals surface area (Å²) in [5, 5.41) is 3.97. The van der Waals surface area contributed by atoms with Crippen LogP contribution in [0.3, 0.4) is 0 Å². The Morgan fingerprint density at radius 2 is 1.52 bits per heavy atom. The van der Waals surface area contributed by atoms with Crippen molar-refractivity contribution < 1.29 is 19.0 Å². The normalized spacial score (nSPS) is 11.6. The number of fused-ring (bicyclic) bond motifs is 1. The predicted molar refractivity (Wildman–Crippen MR) is 189 cm³/mol. The molecular weight excluding hydrogens is 606 g/mol. The van der Waals surface area contributed by atoms with Crippen molar-refractivity contribution in [3.8, 4) is 11.5 Å².